The molecule has 1 aliphatic rings. The molecule has 0 aromatic carbocycles. The average molecular weight is 250 g/mol. The molecule has 0 spiro atoms. The maximum atomic E-state index is 10.7. The lowest BCUT2D eigenvalue weighted by Crippen LogP contribution is -2.42. The maximum absolute atomic E-state index is 10.7. The molecule has 6 heteroatoms. The molecular weight excluding hydrogens is 228 g/mol. The summed E-state index contributed by atoms with van der Waals surface area (Å²) in [5.41, 5.74) is -0.658. The molecule has 0 aromatic rings. The molecule has 0 amide bonds. The molecule has 4 N–H and O–H groups in total. The van der Waals surface area contributed by atoms with E-state index in [0.717, 1.165) is 25.7 Å². The minimum absolute atomic E-state index is 0.0803. The van der Waals surface area contributed by atoms with Crippen molar-refractivity contribution in [1.82, 2.24) is 5.32 Å². The number of rotatable bonds is 5. The highest BCUT2D eigenvalue weighted by molar-refractivity contribution is 7.89. The van der Waals surface area contributed by atoms with E-state index < -0.39 is 15.6 Å². The molecule has 0 radical (unpaired) electrons. The fourth-order valence-corrected chi connectivity index (χ4v) is 2.53. The van der Waals surface area contributed by atoms with Gasteiger partial charge in [0.25, 0.3) is 0 Å². The Bertz CT molecular complexity index is 295. The van der Waals surface area contributed by atoms with Crippen molar-refractivity contribution in [2.45, 2.75) is 44.1 Å². The van der Waals surface area contributed by atoms with Gasteiger partial charge in [-0.15, -0.1) is 0 Å². The average Bonchev–Trinajstić information content (AvgIpc) is 2.37. The number of hydrogen-bond donors (Lipinski definition) is 3. The van der Waals surface area contributed by atoms with Crippen molar-refractivity contribution >= 4 is 10.0 Å². The number of nitrogens with two attached hydrogens (primary N) is 1. The standard InChI is InChI=1S/C10H22N2O3S/c11-16(14,15)8-7-12-9-10(13)5-3-1-2-4-6-10/h12-13H,1-9H2,(H2,11,14,15). The minimum atomic E-state index is -3.40. The van der Waals surface area contributed by atoms with Crippen molar-refractivity contribution in [3.63, 3.8) is 0 Å². The highest BCUT2D eigenvalue weighted by atomic mass is 32.2. The van der Waals surface area contributed by atoms with Gasteiger partial charge in [0, 0.05) is 13.1 Å². The van der Waals surface area contributed by atoms with Crippen LogP contribution in [0.15, 0.2) is 0 Å². The summed E-state index contributed by atoms with van der Waals surface area (Å²) in [6, 6.07) is 0. The molecule has 0 aliphatic heterocycles. The number of sulfonamides is 1. The second kappa shape index (κ2) is 5.95. The van der Waals surface area contributed by atoms with Crippen molar-refractivity contribution in [3.05, 3.63) is 0 Å². The van der Waals surface area contributed by atoms with Crippen LogP contribution in [0.3, 0.4) is 0 Å². The normalized spacial score (nSPS) is 21.6. The van der Waals surface area contributed by atoms with Gasteiger partial charge in [-0.2, -0.15) is 0 Å². The Morgan fingerprint density at radius 1 is 1.19 bits per heavy atom. The van der Waals surface area contributed by atoms with Gasteiger partial charge in [0.15, 0.2) is 0 Å². The summed E-state index contributed by atoms with van der Waals surface area (Å²) < 4.78 is 21.4. The van der Waals surface area contributed by atoms with E-state index in [1.807, 2.05) is 0 Å². The van der Waals surface area contributed by atoms with Crippen LogP contribution in [0.5, 0.6) is 0 Å². The van der Waals surface area contributed by atoms with Gasteiger partial charge in [-0.3, -0.25) is 0 Å². The number of nitrogens with one attached hydrogen (secondary N) is 1. The lowest BCUT2D eigenvalue weighted by Gasteiger charge is -2.26. The first kappa shape index (κ1) is 13.9. The molecule has 1 saturated carbocycles. The molecule has 1 fully saturated rings. The summed E-state index contributed by atoms with van der Waals surface area (Å²) in [7, 11) is -3.40. The third-order valence-corrected chi connectivity index (χ3v) is 3.82. The van der Waals surface area contributed by atoms with Crippen molar-refractivity contribution in [2.24, 2.45) is 5.14 Å². The molecule has 0 heterocycles. The smallest absolute Gasteiger partial charge is 0.210 e. The van der Waals surface area contributed by atoms with E-state index in [1.54, 1.807) is 0 Å². The first-order chi connectivity index (χ1) is 7.41. The second-order valence-corrected chi connectivity index (χ2v) is 6.42. The summed E-state index contributed by atoms with van der Waals surface area (Å²) in [5.74, 6) is -0.0803. The zero-order valence-corrected chi connectivity index (χ0v) is 10.4. The van der Waals surface area contributed by atoms with E-state index in [2.05, 4.69) is 5.32 Å². The summed E-state index contributed by atoms with van der Waals surface area (Å²) in [6.45, 7) is 0.768. The Morgan fingerprint density at radius 2 is 1.75 bits per heavy atom. The van der Waals surface area contributed by atoms with Gasteiger partial charge in [-0.1, -0.05) is 25.7 Å². The molecular formula is C10H22N2O3S. The Morgan fingerprint density at radius 3 is 2.25 bits per heavy atom. The molecule has 96 valence electrons. The van der Waals surface area contributed by atoms with Gasteiger partial charge in [-0.05, 0) is 12.8 Å². The lowest BCUT2D eigenvalue weighted by molar-refractivity contribution is 0.0259. The van der Waals surface area contributed by atoms with E-state index in [-0.39, 0.29) is 5.75 Å². The number of aliphatic hydroxyl groups is 1. The van der Waals surface area contributed by atoms with Crippen LogP contribution >= 0.6 is 0 Å². The quantitative estimate of drug-likeness (QED) is 0.471. The van der Waals surface area contributed by atoms with Crippen LogP contribution in [0.2, 0.25) is 0 Å². The van der Waals surface area contributed by atoms with Crippen molar-refractivity contribution < 1.29 is 13.5 Å². The highest BCUT2D eigenvalue weighted by Gasteiger charge is 2.27. The fraction of sp³-hybridized carbons (Fsp3) is 1.00. The first-order valence-corrected chi connectivity index (χ1v) is 7.56. The van der Waals surface area contributed by atoms with Crippen LogP contribution in [-0.2, 0) is 10.0 Å². The molecule has 16 heavy (non-hydrogen) atoms. The van der Waals surface area contributed by atoms with Crippen LogP contribution in [-0.4, -0.2) is 38.0 Å². The van der Waals surface area contributed by atoms with Crippen LogP contribution in [0.4, 0.5) is 0 Å². The second-order valence-electron chi connectivity index (χ2n) is 4.68. The van der Waals surface area contributed by atoms with E-state index in [1.165, 1.54) is 12.8 Å². The molecule has 1 rings (SSSR count). The van der Waals surface area contributed by atoms with Gasteiger partial charge in [0.05, 0.1) is 11.4 Å². The van der Waals surface area contributed by atoms with Gasteiger partial charge >= 0.3 is 0 Å². The van der Waals surface area contributed by atoms with Gasteiger partial charge < -0.3 is 10.4 Å². The molecule has 0 unspecified atom stereocenters. The SMILES string of the molecule is NS(=O)(=O)CCNCC1(O)CCCCCC1. The molecule has 0 bridgehead atoms. The monoisotopic (exact) mass is 250 g/mol. The van der Waals surface area contributed by atoms with Gasteiger partial charge in [-0.25, -0.2) is 13.6 Å². The van der Waals surface area contributed by atoms with Gasteiger partial charge in [0.1, 0.15) is 0 Å². The van der Waals surface area contributed by atoms with Crippen molar-refractivity contribution in [2.75, 3.05) is 18.8 Å². The Hall–Kier alpha value is -0.170. The van der Waals surface area contributed by atoms with E-state index in [4.69, 9.17) is 5.14 Å². The van der Waals surface area contributed by atoms with Crippen LogP contribution in [0.25, 0.3) is 0 Å². The zero-order valence-electron chi connectivity index (χ0n) is 9.61. The largest absolute Gasteiger partial charge is 0.389 e. The van der Waals surface area contributed by atoms with Crippen molar-refractivity contribution in [3.8, 4) is 0 Å². The van der Waals surface area contributed by atoms with Crippen LogP contribution in [0, 0.1) is 0 Å². The molecule has 1 aliphatic carbocycles. The Labute approximate surface area is 97.5 Å². The topological polar surface area (TPSA) is 92.4 Å². The third kappa shape index (κ3) is 5.79. The molecule has 5 nitrogen and oxygen atoms in total. The lowest BCUT2D eigenvalue weighted by atomic mass is 9.94. The van der Waals surface area contributed by atoms with E-state index in [9.17, 15) is 13.5 Å². The fourth-order valence-electron chi connectivity index (χ4n) is 2.10. The highest BCUT2D eigenvalue weighted by Crippen LogP contribution is 2.26. The van der Waals surface area contributed by atoms with Crippen LogP contribution in [0.1, 0.15) is 38.5 Å². The minimum Gasteiger partial charge on any atom is -0.389 e. The zero-order chi connectivity index (χ0) is 12.1. The summed E-state index contributed by atoms with van der Waals surface area (Å²) in [4.78, 5) is 0. The maximum Gasteiger partial charge on any atom is 0.210 e. The molecule has 0 aromatic heterocycles. The Balaban J connectivity index is 2.24. The predicted molar refractivity (Wildman–Crippen MR) is 63.5 cm³/mol. The summed E-state index contributed by atoms with van der Waals surface area (Å²) >= 11 is 0. The molecule has 0 saturated heterocycles. The first-order valence-electron chi connectivity index (χ1n) is 5.85. The third-order valence-electron chi connectivity index (χ3n) is 3.05. The Kier molecular flexibility index (Phi) is 5.17. The number of primary sulfonamides is 1. The van der Waals surface area contributed by atoms with E-state index in [0.29, 0.717) is 13.1 Å². The van der Waals surface area contributed by atoms with Gasteiger partial charge in [0.2, 0.25) is 10.0 Å². The molecule has 0 atom stereocenters. The summed E-state index contributed by atoms with van der Waals surface area (Å²) in [6.07, 6.45) is 6.06. The summed E-state index contributed by atoms with van der Waals surface area (Å²) in [5, 5.41) is 18.1. The van der Waals surface area contributed by atoms with Crippen molar-refractivity contribution in [1.29, 1.82) is 0 Å². The number of hydrogen-bond acceptors (Lipinski definition) is 4. The van der Waals surface area contributed by atoms with Crippen LogP contribution < -0.4 is 10.5 Å². The van der Waals surface area contributed by atoms with E-state index >= 15 is 0 Å². The predicted octanol–water partition coefficient (Wildman–Crippen LogP) is -0.0502.